The van der Waals surface area contributed by atoms with Gasteiger partial charge in [0.25, 0.3) is 5.91 Å². The highest BCUT2D eigenvalue weighted by molar-refractivity contribution is 14.1. The number of carbonyl (C=O) groups excluding carboxylic acids is 1. The van der Waals surface area contributed by atoms with Crippen LogP contribution in [0.15, 0.2) is 12.1 Å². The standard InChI is InChI=1S/C12H11I2NO5/c13-5-1-7(10(17)8(14)2-5)11(18)15-4-6(16)3-9(15)12(19)20/h1-2,6,9,16-17H,3-4H2,(H,19,20)/t6-,9-/m1/s1. The number of aromatic hydroxyl groups is 1. The van der Waals surface area contributed by atoms with Crippen molar-refractivity contribution < 1.29 is 24.9 Å². The summed E-state index contributed by atoms with van der Waals surface area (Å²) in [6.45, 7) is -0.0444. The second kappa shape index (κ2) is 6.02. The van der Waals surface area contributed by atoms with Crippen LogP contribution in [0.3, 0.4) is 0 Å². The van der Waals surface area contributed by atoms with Crippen molar-refractivity contribution in [1.82, 2.24) is 4.90 Å². The number of aliphatic hydroxyl groups excluding tert-OH is 1. The molecular formula is C12H11I2NO5. The number of phenols is 1. The van der Waals surface area contributed by atoms with Crippen molar-refractivity contribution in [2.45, 2.75) is 18.6 Å². The van der Waals surface area contributed by atoms with E-state index < -0.39 is 24.0 Å². The minimum absolute atomic E-state index is 0.00283. The first-order chi connectivity index (χ1) is 9.31. The molecule has 0 aromatic heterocycles. The molecule has 2 atom stereocenters. The van der Waals surface area contributed by atoms with Crippen LogP contribution in [0.2, 0.25) is 0 Å². The topological polar surface area (TPSA) is 98.1 Å². The number of nitrogens with zero attached hydrogens (tertiary/aromatic N) is 1. The average Bonchev–Trinajstić information content (AvgIpc) is 2.75. The molecule has 8 heteroatoms. The summed E-state index contributed by atoms with van der Waals surface area (Å²) in [5.41, 5.74) is 0.0571. The van der Waals surface area contributed by atoms with Gasteiger partial charge in [-0.25, -0.2) is 4.79 Å². The number of amides is 1. The molecule has 108 valence electrons. The number of benzene rings is 1. The quantitative estimate of drug-likeness (QED) is 0.529. The Morgan fingerprint density at radius 2 is 1.95 bits per heavy atom. The lowest BCUT2D eigenvalue weighted by Crippen LogP contribution is -2.40. The van der Waals surface area contributed by atoms with E-state index in [0.717, 1.165) is 8.47 Å². The van der Waals surface area contributed by atoms with E-state index in [1.807, 2.05) is 45.2 Å². The third kappa shape index (κ3) is 3.01. The lowest BCUT2D eigenvalue weighted by atomic mass is 10.1. The van der Waals surface area contributed by atoms with E-state index in [9.17, 15) is 19.8 Å². The van der Waals surface area contributed by atoms with Crippen molar-refractivity contribution >= 4 is 57.1 Å². The van der Waals surface area contributed by atoms with Crippen LogP contribution in [0.4, 0.5) is 0 Å². The first kappa shape index (κ1) is 15.8. The van der Waals surface area contributed by atoms with Gasteiger partial charge in [-0.3, -0.25) is 4.79 Å². The van der Waals surface area contributed by atoms with Crippen LogP contribution in [0.5, 0.6) is 5.75 Å². The second-order valence-corrected chi connectivity index (χ2v) is 6.89. The molecule has 3 N–H and O–H groups in total. The molecule has 0 unspecified atom stereocenters. The van der Waals surface area contributed by atoms with E-state index in [1.54, 1.807) is 6.07 Å². The van der Waals surface area contributed by atoms with Gasteiger partial charge in [0.15, 0.2) is 0 Å². The number of hydrogen-bond donors (Lipinski definition) is 3. The Kier molecular flexibility index (Phi) is 4.74. The van der Waals surface area contributed by atoms with Gasteiger partial charge in [-0.1, -0.05) is 0 Å². The van der Waals surface area contributed by atoms with Crippen molar-refractivity contribution in [2.75, 3.05) is 6.54 Å². The molecule has 2 rings (SSSR count). The average molecular weight is 503 g/mol. The zero-order valence-corrected chi connectivity index (χ0v) is 14.4. The summed E-state index contributed by atoms with van der Waals surface area (Å²) in [6, 6.07) is 2.15. The lowest BCUT2D eigenvalue weighted by molar-refractivity contribution is -0.141. The Morgan fingerprint density at radius 3 is 2.55 bits per heavy atom. The van der Waals surface area contributed by atoms with Crippen LogP contribution in [-0.2, 0) is 4.79 Å². The summed E-state index contributed by atoms with van der Waals surface area (Å²) in [4.78, 5) is 24.7. The molecule has 0 radical (unpaired) electrons. The maximum atomic E-state index is 12.4. The number of phenolic OH excluding ortho intramolecular Hbond substituents is 1. The maximum Gasteiger partial charge on any atom is 0.326 e. The molecule has 20 heavy (non-hydrogen) atoms. The Labute approximate surface area is 142 Å². The van der Waals surface area contributed by atoms with E-state index in [0.29, 0.717) is 3.57 Å². The van der Waals surface area contributed by atoms with Gasteiger partial charge in [0.05, 0.1) is 15.2 Å². The fourth-order valence-electron chi connectivity index (χ4n) is 2.16. The van der Waals surface area contributed by atoms with Crippen molar-refractivity contribution in [1.29, 1.82) is 0 Å². The molecule has 1 heterocycles. The molecule has 1 amide bonds. The number of hydrogen-bond acceptors (Lipinski definition) is 4. The molecule has 0 saturated carbocycles. The predicted octanol–water partition coefficient (Wildman–Crippen LogP) is 1.26. The number of rotatable bonds is 2. The third-order valence-corrected chi connectivity index (χ3v) is 4.53. The molecule has 0 spiro atoms. The molecule has 0 bridgehead atoms. The van der Waals surface area contributed by atoms with Gasteiger partial charge in [0.1, 0.15) is 11.8 Å². The summed E-state index contributed by atoms with van der Waals surface area (Å²) >= 11 is 3.92. The van der Waals surface area contributed by atoms with Crippen molar-refractivity contribution in [3.05, 3.63) is 24.8 Å². The fourth-order valence-corrected chi connectivity index (χ4v) is 4.00. The minimum Gasteiger partial charge on any atom is -0.506 e. The lowest BCUT2D eigenvalue weighted by Gasteiger charge is -2.22. The van der Waals surface area contributed by atoms with Crippen LogP contribution >= 0.6 is 45.2 Å². The van der Waals surface area contributed by atoms with Gasteiger partial charge in [-0.2, -0.15) is 0 Å². The molecule has 1 aromatic carbocycles. The first-order valence-electron chi connectivity index (χ1n) is 5.71. The number of β-amino-alcohol motifs (C(OH)–C–C–N with tert-alkyl or cyclic N) is 1. The van der Waals surface area contributed by atoms with Crippen LogP contribution in [0.25, 0.3) is 0 Å². The zero-order valence-electron chi connectivity index (χ0n) is 10.1. The number of carbonyl (C=O) groups is 2. The summed E-state index contributed by atoms with van der Waals surface area (Å²) in [7, 11) is 0. The maximum absolute atomic E-state index is 12.4. The van der Waals surface area contributed by atoms with Crippen LogP contribution in [0, 0.1) is 7.14 Å². The molecule has 6 nitrogen and oxygen atoms in total. The van der Waals surface area contributed by atoms with Crippen LogP contribution < -0.4 is 0 Å². The second-order valence-electron chi connectivity index (χ2n) is 4.48. The van der Waals surface area contributed by atoms with Crippen molar-refractivity contribution in [3.63, 3.8) is 0 Å². The highest BCUT2D eigenvalue weighted by atomic mass is 127. The van der Waals surface area contributed by atoms with E-state index >= 15 is 0 Å². The minimum atomic E-state index is -1.16. The molecule has 1 aromatic rings. The number of likely N-dealkylation sites (tertiary alicyclic amines) is 1. The Balaban J connectivity index is 2.38. The number of aliphatic carboxylic acids is 1. The SMILES string of the molecule is O=C(O)[C@H]1C[C@@H](O)CN1C(=O)c1cc(I)cc(I)c1O. The molecular weight excluding hydrogens is 492 g/mol. The van der Waals surface area contributed by atoms with Gasteiger partial charge in [0.2, 0.25) is 0 Å². The molecule has 1 aliphatic rings. The normalized spacial score (nSPS) is 22.1. The summed E-state index contributed by atoms with van der Waals surface area (Å²) in [5, 5.41) is 28.7. The zero-order chi connectivity index (χ0) is 15.0. The Bertz CT molecular complexity index is 577. The Hall–Kier alpha value is -0.620. The number of carboxylic acids is 1. The Morgan fingerprint density at radius 1 is 1.30 bits per heavy atom. The molecule has 1 saturated heterocycles. The van der Waals surface area contributed by atoms with Crippen molar-refractivity contribution in [2.24, 2.45) is 0 Å². The van der Waals surface area contributed by atoms with Gasteiger partial charge in [-0.15, -0.1) is 0 Å². The van der Waals surface area contributed by atoms with E-state index in [-0.39, 0.29) is 24.3 Å². The fraction of sp³-hybridized carbons (Fsp3) is 0.333. The summed E-state index contributed by atoms with van der Waals surface area (Å²) < 4.78 is 1.28. The van der Waals surface area contributed by atoms with Gasteiger partial charge >= 0.3 is 5.97 Å². The monoisotopic (exact) mass is 503 g/mol. The third-order valence-electron chi connectivity index (χ3n) is 3.08. The van der Waals surface area contributed by atoms with Gasteiger partial charge in [-0.05, 0) is 57.3 Å². The molecule has 1 fully saturated rings. The summed E-state index contributed by atoms with van der Waals surface area (Å²) in [6.07, 6.45) is -0.855. The largest absolute Gasteiger partial charge is 0.506 e. The molecule has 1 aliphatic heterocycles. The number of aliphatic hydroxyl groups is 1. The number of halogens is 2. The summed E-state index contributed by atoms with van der Waals surface area (Å²) in [5.74, 6) is -1.90. The van der Waals surface area contributed by atoms with E-state index in [2.05, 4.69) is 0 Å². The smallest absolute Gasteiger partial charge is 0.326 e. The number of carboxylic acid groups (broad SMARTS) is 1. The predicted molar refractivity (Wildman–Crippen MR) is 86.6 cm³/mol. The first-order valence-corrected chi connectivity index (χ1v) is 7.87. The van der Waals surface area contributed by atoms with Gasteiger partial charge < -0.3 is 20.2 Å². The van der Waals surface area contributed by atoms with Crippen molar-refractivity contribution in [3.8, 4) is 5.75 Å². The van der Waals surface area contributed by atoms with Crippen LogP contribution in [-0.4, -0.2) is 50.8 Å². The highest BCUT2D eigenvalue weighted by Gasteiger charge is 2.40. The molecule has 0 aliphatic carbocycles. The van der Waals surface area contributed by atoms with Gasteiger partial charge in [0, 0.05) is 16.5 Å². The van der Waals surface area contributed by atoms with Crippen LogP contribution in [0.1, 0.15) is 16.8 Å². The van der Waals surface area contributed by atoms with E-state index in [1.165, 1.54) is 6.07 Å². The van der Waals surface area contributed by atoms with E-state index in [4.69, 9.17) is 5.11 Å². The highest BCUT2D eigenvalue weighted by Crippen LogP contribution is 2.30.